The van der Waals surface area contributed by atoms with E-state index >= 15 is 0 Å². The molecule has 0 spiro atoms. The molecule has 0 fully saturated rings. The Morgan fingerprint density at radius 1 is 1.45 bits per heavy atom. The summed E-state index contributed by atoms with van der Waals surface area (Å²) >= 11 is -1.24. The van der Waals surface area contributed by atoms with E-state index in [1.807, 2.05) is 0 Å². The van der Waals surface area contributed by atoms with E-state index < -0.39 is 25.1 Å². The van der Waals surface area contributed by atoms with E-state index in [9.17, 15) is 0 Å². The van der Waals surface area contributed by atoms with Crippen molar-refractivity contribution in [2.45, 2.75) is 0 Å². The first-order valence-corrected chi connectivity index (χ1v) is 4.10. The molecule has 0 amide bonds. The topological polar surface area (TPSA) is 101 Å². The normalized spacial score (nSPS) is 11.5. The van der Waals surface area contributed by atoms with Crippen LogP contribution in [0.1, 0.15) is 0 Å². The number of hydrogen-bond acceptors (Lipinski definition) is 7. The Bertz CT molecular complexity index is 110. The van der Waals surface area contributed by atoms with Crippen molar-refractivity contribution in [3.63, 3.8) is 0 Å². The van der Waals surface area contributed by atoms with Crippen LogP contribution in [0.4, 0.5) is 0 Å². The van der Waals surface area contributed by atoms with Gasteiger partial charge in [-0.1, -0.05) is 0 Å². The van der Waals surface area contributed by atoms with Crippen LogP contribution in [0.3, 0.4) is 0 Å². The number of nitrogens with zero attached hydrogens (tertiary/aromatic N) is 2. The van der Waals surface area contributed by atoms with Crippen molar-refractivity contribution in [1.29, 1.82) is 0 Å². The molecule has 0 aliphatic carbocycles. The van der Waals surface area contributed by atoms with Crippen LogP contribution in [0.25, 0.3) is 0 Å². The van der Waals surface area contributed by atoms with Gasteiger partial charge in [0.1, 0.15) is 0 Å². The van der Waals surface area contributed by atoms with E-state index in [1.54, 1.807) is 0 Å². The van der Waals surface area contributed by atoms with E-state index in [1.165, 1.54) is 7.11 Å². The van der Waals surface area contributed by atoms with E-state index in [4.69, 9.17) is 11.8 Å². The molecule has 0 aromatic rings. The Hall–Kier alpha value is -0.0400. The average molecular weight is 280 g/mol. The fourth-order valence-electron chi connectivity index (χ4n) is 0.231. The van der Waals surface area contributed by atoms with Gasteiger partial charge in [0, 0.05) is 0 Å². The molecular formula is C2H9IN4O4. The van der Waals surface area contributed by atoms with Crippen LogP contribution >= 0.6 is 0 Å². The van der Waals surface area contributed by atoms with Crippen molar-refractivity contribution in [2.75, 3.05) is 7.11 Å². The Morgan fingerprint density at radius 2 is 2.00 bits per heavy atom. The molecule has 0 aliphatic heterocycles. The molecule has 0 bridgehead atoms. The van der Waals surface area contributed by atoms with Crippen molar-refractivity contribution < 1.29 is 43.0 Å². The average Bonchev–Trinajstić information content (AvgIpc) is 2.08. The molecule has 68 valence electrons. The van der Waals surface area contributed by atoms with Gasteiger partial charge in [0.05, 0.1) is 0 Å². The first-order chi connectivity index (χ1) is 5.24. The van der Waals surface area contributed by atoms with Gasteiger partial charge in [-0.05, 0) is 0 Å². The van der Waals surface area contributed by atoms with Crippen molar-refractivity contribution in [3.8, 4) is 0 Å². The molecule has 0 unspecified atom stereocenters. The van der Waals surface area contributed by atoms with Crippen LogP contribution < -0.4 is 33.7 Å². The molecule has 0 atom stereocenters. The zero-order valence-corrected chi connectivity index (χ0v) is 7.92. The molecule has 0 aliphatic rings. The van der Waals surface area contributed by atoms with E-state index in [-0.39, 0.29) is 0 Å². The number of hydrogen-bond donors (Lipinski definition) is 2. The van der Waals surface area contributed by atoms with Crippen LogP contribution in [0, 0.1) is 0 Å². The van der Waals surface area contributed by atoms with E-state index in [0.717, 1.165) is 0 Å². The molecule has 4 N–H and O–H groups in total. The van der Waals surface area contributed by atoms with Gasteiger partial charge in [0.2, 0.25) is 0 Å². The predicted molar refractivity (Wildman–Crippen MR) is 28.4 cm³/mol. The van der Waals surface area contributed by atoms with E-state index in [2.05, 4.69) is 29.8 Å². The number of nitrogens with two attached hydrogens (primary N) is 2. The number of rotatable bonds is 6. The summed E-state index contributed by atoms with van der Waals surface area (Å²) in [6.45, 7) is 3.06. The van der Waals surface area contributed by atoms with Crippen molar-refractivity contribution in [2.24, 2.45) is 16.9 Å². The molecule has 0 aromatic carbocycles. The third-order valence-corrected chi connectivity index (χ3v) is 2.42. The summed E-state index contributed by atoms with van der Waals surface area (Å²) in [4.78, 5) is 13.1. The summed E-state index contributed by atoms with van der Waals surface area (Å²) in [5.74, 6) is 9.59. The Balaban J connectivity index is 3.93. The fraction of sp³-hybridized carbons (Fsp3) is 0.500. The van der Waals surface area contributed by atoms with Crippen molar-refractivity contribution in [3.05, 3.63) is 0 Å². The summed E-state index contributed by atoms with van der Waals surface area (Å²) in [6.07, 6.45) is 0. The molecule has 9 heteroatoms. The Kier molecular flexibility index (Phi) is 5.57. The Labute approximate surface area is 74.1 Å². The van der Waals surface area contributed by atoms with Gasteiger partial charge in [-0.25, -0.2) is 0 Å². The molecule has 0 saturated heterocycles. The van der Waals surface area contributed by atoms with Crippen LogP contribution in [0.5, 0.6) is 0 Å². The van der Waals surface area contributed by atoms with Gasteiger partial charge in [-0.2, -0.15) is 0 Å². The molecule has 0 saturated carbocycles. The van der Waals surface area contributed by atoms with Gasteiger partial charge in [-0.3, -0.25) is 0 Å². The van der Waals surface area contributed by atoms with Crippen LogP contribution in [-0.4, -0.2) is 17.0 Å². The number of oxime groups is 1. The first-order valence-electron chi connectivity index (χ1n) is 2.25. The number of halogens is 1. The Morgan fingerprint density at radius 3 is 2.27 bits per heavy atom. The minimum atomic E-state index is -1.24. The second-order valence-electron chi connectivity index (χ2n) is 1.09. The summed E-state index contributed by atoms with van der Waals surface area (Å²) in [6, 6.07) is 0. The summed E-state index contributed by atoms with van der Waals surface area (Å²) in [5, 5.41) is 3.10. The van der Waals surface area contributed by atoms with Gasteiger partial charge in [0.25, 0.3) is 0 Å². The molecular weight excluding hydrogens is 271 g/mol. The third kappa shape index (κ3) is 3.24. The third-order valence-electron chi connectivity index (χ3n) is 0.634. The van der Waals surface area contributed by atoms with Gasteiger partial charge < -0.3 is 0 Å². The molecule has 0 aromatic heterocycles. The van der Waals surface area contributed by atoms with Crippen LogP contribution in [0.2, 0.25) is 0 Å². The maximum absolute atomic E-state index is 4.80. The van der Waals surface area contributed by atoms with Crippen molar-refractivity contribution in [1.82, 2.24) is 0 Å². The monoisotopic (exact) mass is 280 g/mol. The van der Waals surface area contributed by atoms with Crippen LogP contribution in [-0.2, 0) is 17.9 Å². The molecule has 0 rings (SSSR count). The number of quaternary nitrogens is 1. The maximum atomic E-state index is 4.80. The van der Waals surface area contributed by atoms with Gasteiger partial charge in [0.15, 0.2) is 0 Å². The van der Waals surface area contributed by atoms with Crippen LogP contribution in [0.15, 0.2) is 5.16 Å². The SMILES string of the molecule is C=NO[I-][N+](OC)(ON)ON. The summed E-state index contributed by atoms with van der Waals surface area (Å²) in [7, 11) is 1.28. The fourth-order valence-corrected chi connectivity index (χ4v) is 0.918. The molecule has 11 heavy (non-hydrogen) atoms. The molecule has 0 radical (unpaired) electrons. The quantitative estimate of drug-likeness (QED) is 0.220. The first kappa shape index (κ1) is 11.0. The van der Waals surface area contributed by atoms with E-state index in [0.29, 0.717) is 0 Å². The minimum absolute atomic E-state index is 0.877. The second-order valence-corrected chi connectivity index (χ2v) is 3.06. The summed E-state index contributed by atoms with van der Waals surface area (Å²) in [5.41, 5.74) is 0. The summed E-state index contributed by atoms with van der Waals surface area (Å²) < 4.78 is 3.66. The van der Waals surface area contributed by atoms with Gasteiger partial charge >= 0.3 is 73.7 Å². The second kappa shape index (κ2) is 5.59. The van der Waals surface area contributed by atoms with Gasteiger partial charge in [-0.15, -0.1) is 0 Å². The molecule has 8 nitrogen and oxygen atoms in total. The van der Waals surface area contributed by atoms with Crippen molar-refractivity contribution >= 4 is 6.72 Å². The molecule has 0 heterocycles. The standard InChI is InChI=1S/C2H9IN4O4/c1-6-9-3-7(8-2,10-4)11-5/h1,4-5H2,2H3. The zero-order valence-electron chi connectivity index (χ0n) is 5.77. The predicted octanol–water partition coefficient (Wildman–Crippen LogP) is -4.47. The zero-order chi connectivity index (χ0) is 8.74.